The molecule has 2 aromatic carbocycles. The molecule has 0 radical (unpaired) electrons. The molecule has 0 bridgehead atoms. The van der Waals surface area contributed by atoms with E-state index in [1.165, 1.54) is 6.07 Å². The van der Waals surface area contributed by atoms with Gasteiger partial charge < -0.3 is 14.2 Å². The Hall–Kier alpha value is -2.86. The first-order valence-electron chi connectivity index (χ1n) is 8.00. The average Bonchev–Trinajstić information content (AvgIpc) is 3.03. The molecule has 0 aliphatic heterocycles. The number of rotatable bonds is 3. The fourth-order valence-corrected chi connectivity index (χ4v) is 3.26. The molecule has 0 fully saturated rings. The van der Waals surface area contributed by atoms with Crippen molar-refractivity contribution in [3.8, 4) is 0 Å². The van der Waals surface area contributed by atoms with Crippen molar-refractivity contribution in [1.29, 1.82) is 0 Å². The van der Waals surface area contributed by atoms with Crippen LogP contribution in [0.2, 0.25) is 0 Å². The smallest absolute Gasteiger partial charge is 0.336 e. The van der Waals surface area contributed by atoms with Crippen LogP contribution in [0.5, 0.6) is 0 Å². The van der Waals surface area contributed by atoms with Crippen LogP contribution in [0.3, 0.4) is 0 Å². The van der Waals surface area contributed by atoms with E-state index in [0.717, 1.165) is 20.8 Å². The second kappa shape index (κ2) is 6.46. The third-order valence-corrected chi connectivity index (χ3v) is 4.62. The van der Waals surface area contributed by atoms with Crippen molar-refractivity contribution < 1.29 is 13.6 Å². The zero-order valence-corrected chi connectivity index (χ0v) is 15.4. The summed E-state index contributed by atoms with van der Waals surface area (Å²) in [5.41, 5.74) is 2.44. The van der Waals surface area contributed by atoms with Gasteiger partial charge in [0.15, 0.2) is 5.76 Å². The zero-order chi connectivity index (χ0) is 18.3. The SMILES string of the molecule is Cc1ccc2oc(=O)cc(CNC(=O)c3cc4cc(Br)ccc4o3)c2c1. The molecule has 130 valence electrons. The predicted molar refractivity (Wildman–Crippen MR) is 102 cm³/mol. The number of nitrogens with one attached hydrogen (secondary N) is 1. The lowest BCUT2D eigenvalue weighted by molar-refractivity contribution is 0.0925. The lowest BCUT2D eigenvalue weighted by atomic mass is 10.1. The monoisotopic (exact) mass is 411 g/mol. The first-order valence-corrected chi connectivity index (χ1v) is 8.79. The Kier molecular flexibility index (Phi) is 4.12. The highest BCUT2D eigenvalue weighted by Crippen LogP contribution is 2.23. The van der Waals surface area contributed by atoms with E-state index in [2.05, 4.69) is 21.2 Å². The summed E-state index contributed by atoms with van der Waals surface area (Å²) >= 11 is 3.39. The van der Waals surface area contributed by atoms with Crippen LogP contribution in [0, 0.1) is 6.92 Å². The van der Waals surface area contributed by atoms with Crippen LogP contribution in [0.4, 0.5) is 0 Å². The van der Waals surface area contributed by atoms with Crippen LogP contribution >= 0.6 is 15.9 Å². The van der Waals surface area contributed by atoms with Crippen molar-refractivity contribution in [2.45, 2.75) is 13.5 Å². The van der Waals surface area contributed by atoms with Crippen molar-refractivity contribution in [2.75, 3.05) is 0 Å². The molecule has 2 aromatic heterocycles. The molecule has 5 nitrogen and oxygen atoms in total. The summed E-state index contributed by atoms with van der Waals surface area (Å²) in [5, 5.41) is 4.45. The van der Waals surface area contributed by atoms with E-state index in [1.807, 2.05) is 31.2 Å². The minimum atomic E-state index is -0.445. The number of carbonyl (C=O) groups excluding carboxylic acids is 1. The molecule has 26 heavy (non-hydrogen) atoms. The maximum Gasteiger partial charge on any atom is 0.336 e. The number of furan rings is 1. The first kappa shape index (κ1) is 16.6. The Morgan fingerprint density at radius 3 is 2.69 bits per heavy atom. The van der Waals surface area contributed by atoms with Crippen molar-refractivity contribution in [3.05, 3.63) is 80.3 Å². The van der Waals surface area contributed by atoms with E-state index in [4.69, 9.17) is 8.83 Å². The maximum absolute atomic E-state index is 12.4. The fourth-order valence-electron chi connectivity index (χ4n) is 2.88. The zero-order valence-electron chi connectivity index (χ0n) is 13.8. The molecule has 4 rings (SSSR count). The van der Waals surface area contributed by atoms with Crippen LogP contribution in [0.1, 0.15) is 21.7 Å². The number of benzene rings is 2. The number of aryl methyl sites for hydroxylation is 1. The highest BCUT2D eigenvalue weighted by atomic mass is 79.9. The molecule has 0 aliphatic carbocycles. The first-order chi connectivity index (χ1) is 12.5. The quantitative estimate of drug-likeness (QED) is 0.502. The molecule has 1 N–H and O–H groups in total. The Bertz CT molecular complexity index is 1210. The van der Waals surface area contributed by atoms with Crippen molar-refractivity contribution in [2.24, 2.45) is 0 Å². The van der Waals surface area contributed by atoms with Gasteiger partial charge in [0.25, 0.3) is 5.91 Å². The molecule has 2 heterocycles. The summed E-state index contributed by atoms with van der Waals surface area (Å²) in [4.78, 5) is 24.2. The molecule has 0 spiro atoms. The van der Waals surface area contributed by atoms with E-state index in [1.54, 1.807) is 18.2 Å². The summed E-state index contributed by atoms with van der Waals surface area (Å²) in [5.74, 6) is -0.118. The lowest BCUT2D eigenvalue weighted by Crippen LogP contribution is -2.23. The van der Waals surface area contributed by atoms with Crippen LogP contribution < -0.4 is 10.9 Å². The summed E-state index contributed by atoms with van der Waals surface area (Å²) in [6.45, 7) is 2.16. The van der Waals surface area contributed by atoms with E-state index < -0.39 is 5.63 Å². The van der Waals surface area contributed by atoms with Gasteiger partial charge in [0, 0.05) is 27.9 Å². The van der Waals surface area contributed by atoms with Crippen molar-refractivity contribution >= 4 is 43.8 Å². The van der Waals surface area contributed by atoms with Crippen LogP contribution in [0.15, 0.2) is 66.6 Å². The number of carbonyl (C=O) groups is 1. The maximum atomic E-state index is 12.4. The molecular formula is C20H14BrNO4. The molecule has 4 aromatic rings. The molecule has 1 amide bonds. The minimum Gasteiger partial charge on any atom is -0.451 e. The summed E-state index contributed by atoms with van der Waals surface area (Å²) in [7, 11) is 0. The van der Waals surface area contributed by atoms with Gasteiger partial charge in [-0.2, -0.15) is 0 Å². The van der Waals surface area contributed by atoms with Crippen molar-refractivity contribution in [1.82, 2.24) is 5.32 Å². The number of fused-ring (bicyclic) bond motifs is 2. The second-order valence-electron chi connectivity index (χ2n) is 6.07. The number of hydrogen-bond donors (Lipinski definition) is 1. The van der Waals surface area contributed by atoms with Gasteiger partial charge in [0.1, 0.15) is 11.2 Å². The van der Waals surface area contributed by atoms with Crippen LogP contribution in [0.25, 0.3) is 21.9 Å². The van der Waals surface area contributed by atoms with E-state index in [-0.39, 0.29) is 18.2 Å². The molecule has 0 atom stereocenters. The number of amides is 1. The van der Waals surface area contributed by atoms with Crippen molar-refractivity contribution in [3.63, 3.8) is 0 Å². The molecule has 0 aliphatic rings. The average molecular weight is 412 g/mol. The Morgan fingerprint density at radius 1 is 1.04 bits per heavy atom. The van der Waals surface area contributed by atoms with Gasteiger partial charge in [-0.3, -0.25) is 4.79 Å². The normalized spacial score (nSPS) is 11.2. The van der Waals surface area contributed by atoms with Gasteiger partial charge in [-0.05, 0) is 48.9 Å². The van der Waals surface area contributed by atoms with E-state index >= 15 is 0 Å². The summed E-state index contributed by atoms with van der Waals surface area (Å²) in [6, 6.07) is 14.2. The second-order valence-corrected chi connectivity index (χ2v) is 6.98. The third kappa shape index (κ3) is 3.15. The predicted octanol–water partition coefficient (Wildman–Crippen LogP) is 4.54. The van der Waals surface area contributed by atoms with Crippen LogP contribution in [-0.4, -0.2) is 5.91 Å². The van der Waals surface area contributed by atoms with Gasteiger partial charge in [-0.15, -0.1) is 0 Å². The van der Waals surface area contributed by atoms with Gasteiger partial charge in [-0.25, -0.2) is 4.79 Å². The van der Waals surface area contributed by atoms with Gasteiger partial charge in [0.2, 0.25) is 0 Å². The van der Waals surface area contributed by atoms with Gasteiger partial charge in [-0.1, -0.05) is 27.6 Å². The Labute approximate surface area is 156 Å². The molecule has 0 saturated carbocycles. The molecule has 0 saturated heterocycles. The lowest BCUT2D eigenvalue weighted by Gasteiger charge is -2.07. The molecule has 0 unspecified atom stereocenters. The Morgan fingerprint density at radius 2 is 1.85 bits per heavy atom. The molecular weight excluding hydrogens is 398 g/mol. The van der Waals surface area contributed by atoms with Gasteiger partial charge >= 0.3 is 5.63 Å². The largest absolute Gasteiger partial charge is 0.451 e. The highest BCUT2D eigenvalue weighted by Gasteiger charge is 2.13. The number of halogens is 1. The topological polar surface area (TPSA) is 72.5 Å². The number of hydrogen-bond acceptors (Lipinski definition) is 4. The van der Waals surface area contributed by atoms with E-state index in [9.17, 15) is 9.59 Å². The standard InChI is InChI=1S/C20H14BrNO4/c1-11-2-4-17-15(6-11)13(9-19(23)26-17)10-22-20(24)18-8-12-7-14(21)3-5-16(12)25-18/h2-9H,10H2,1H3,(H,22,24). The fraction of sp³-hybridized carbons (Fsp3) is 0.100. The summed E-state index contributed by atoms with van der Waals surface area (Å²) < 4.78 is 11.7. The Balaban J connectivity index is 1.62. The molecule has 6 heteroatoms. The highest BCUT2D eigenvalue weighted by molar-refractivity contribution is 9.10. The van der Waals surface area contributed by atoms with Gasteiger partial charge in [0.05, 0.1) is 0 Å². The van der Waals surface area contributed by atoms with E-state index in [0.29, 0.717) is 16.7 Å². The van der Waals surface area contributed by atoms with Crippen LogP contribution in [-0.2, 0) is 6.54 Å². The third-order valence-electron chi connectivity index (χ3n) is 4.13. The minimum absolute atomic E-state index is 0.200. The summed E-state index contributed by atoms with van der Waals surface area (Å²) in [6.07, 6.45) is 0.